The minimum atomic E-state index is -1.36. The summed E-state index contributed by atoms with van der Waals surface area (Å²) < 4.78 is 0. The number of primary amides is 1. The fourth-order valence-corrected chi connectivity index (χ4v) is 1.54. The summed E-state index contributed by atoms with van der Waals surface area (Å²) >= 11 is 0. The second kappa shape index (κ2) is 5.85. The highest BCUT2D eigenvalue weighted by molar-refractivity contribution is 5.99. The molecule has 0 fully saturated rings. The van der Waals surface area contributed by atoms with Crippen molar-refractivity contribution in [2.75, 3.05) is 5.73 Å². The van der Waals surface area contributed by atoms with Crippen molar-refractivity contribution in [3.63, 3.8) is 0 Å². The highest BCUT2D eigenvalue weighted by Crippen LogP contribution is 2.15. The molecule has 0 saturated heterocycles. The Hall–Kier alpha value is -2.57. The third kappa shape index (κ3) is 3.70. The van der Waals surface area contributed by atoms with Crippen molar-refractivity contribution in [1.29, 1.82) is 0 Å². The predicted molar refractivity (Wildman–Crippen MR) is 68.3 cm³/mol. The van der Waals surface area contributed by atoms with Gasteiger partial charge >= 0.3 is 5.97 Å². The molecule has 0 saturated carbocycles. The first-order chi connectivity index (χ1) is 8.82. The molecule has 2 amide bonds. The van der Waals surface area contributed by atoms with Gasteiger partial charge in [-0.05, 0) is 24.6 Å². The molecule has 7 nitrogen and oxygen atoms in total. The standard InChI is InChI=1S/C12H15N3O4/c1-6-7(3-2-4-8(6)13)11(17)15-9(12(18)19)5-10(14)16/h2-4,9H,5,13H2,1H3,(H2,14,16)(H,15,17)(H,18,19)/t9-/m1/s1. The van der Waals surface area contributed by atoms with Crippen LogP contribution in [0.4, 0.5) is 5.69 Å². The van der Waals surface area contributed by atoms with Crippen LogP contribution in [-0.2, 0) is 9.59 Å². The Bertz CT molecular complexity index is 528. The predicted octanol–water partition coefficient (Wildman–Crippen LogP) is -0.364. The van der Waals surface area contributed by atoms with Gasteiger partial charge in [0.25, 0.3) is 5.91 Å². The van der Waals surface area contributed by atoms with Crippen molar-refractivity contribution >= 4 is 23.5 Å². The van der Waals surface area contributed by atoms with Crippen molar-refractivity contribution in [2.45, 2.75) is 19.4 Å². The maximum absolute atomic E-state index is 11.9. The first-order valence-electron chi connectivity index (χ1n) is 5.50. The number of anilines is 1. The average molecular weight is 265 g/mol. The van der Waals surface area contributed by atoms with E-state index in [0.717, 1.165) is 0 Å². The first-order valence-corrected chi connectivity index (χ1v) is 5.50. The van der Waals surface area contributed by atoms with Gasteiger partial charge < -0.3 is 21.9 Å². The molecule has 102 valence electrons. The van der Waals surface area contributed by atoms with E-state index in [9.17, 15) is 14.4 Å². The number of nitrogens with two attached hydrogens (primary N) is 2. The van der Waals surface area contributed by atoms with Crippen LogP contribution in [0, 0.1) is 6.92 Å². The van der Waals surface area contributed by atoms with Crippen molar-refractivity contribution in [1.82, 2.24) is 5.32 Å². The van der Waals surface area contributed by atoms with Gasteiger partial charge in [0.2, 0.25) is 5.91 Å². The summed E-state index contributed by atoms with van der Waals surface area (Å²) in [5.74, 6) is -2.75. The summed E-state index contributed by atoms with van der Waals surface area (Å²) in [5, 5.41) is 11.1. The van der Waals surface area contributed by atoms with Crippen LogP contribution < -0.4 is 16.8 Å². The molecule has 6 N–H and O–H groups in total. The van der Waals surface area contributed by atoms with E-state index in [4.69, 9.17) is 16.6 Å². The number of rotatable bonds is 5. The Morgan fingerprint density at radius 2 is 2.00 bits per heavy atom. The van der Waals surface area contributed by atoms with Crippen LogP contribution in [0.15, 0.2) is 18.2 Å². The van der Waals surface area contributed by atoms with Gasteiger partial charge in [-0.25, -0.2) is 4.79 Å². The minimum absolute atomic E-state index is 0.260. The van der Waals surface area contributed by atoms with E-state index in [1.54, 1.807) is 19.1 Å². The summed E-state index contributed by atoms with van der Waals surface area (Å²) in [6.07, 6.45) is -0.470. The molecule has 1 rings (SSSR count). The lowest BCUT2D eigenvalue weighted by molar-refractivity contribution is -0.140. The Balaban J connectivity index is 2.91. The van der Waals surface area contributed by atoms with Gasteiger partial charge in [-0.1, -0.05) is 6.07 Å². The zero-order chi connectivity index (χ0) is 14.6. The number of hydrogen-bond acceptors (Lipinski definition) is 4. The summed E-state index contributed by atoms with van der Waals surface area (Å²) in [6.45, 7) is 1.65. The number of carboxylic acids is 1. The van der Waals surface area contributed by atoms with Crippen LogP contribution in [0.25, 0.3) is 0 Å². The molecule has 0 unspecified atom stereocenters. The lowest BCUT2D eigenvalue weighted by Gasteiger charge is -2.14. The first kappa shape index (κ1) is 14.5. The van der Waals surface area contributed by atoms with Gasteiger partial charge in [-0.2, -0.15) is 0 Å². The molecule has 0 bridgehead atoms. The SMILES string of the molecule is Cc1c(N)cccc1C(=O)N[C@H](CC(N)=O)C(=O)O. The van der Waals surface area contributed by atoms with Crippen LogP contribution >= 0.6 is 0 Å². The lowest BCUT2D eigenvalue weighted by atomic mass is 10.1. The average Bonchev–Trinajstić information content (AvgIpc) is 2.31. The third-order valence-corrected chi connectivity index (χ3v) is 2.63. The molecule has 7 heteroatoms. The van der Waals surface area contributed by atoms with E-state index in [1.807, 2.05) is 0 Å². The van der Waals surface area contributed by atoms with Gasteiger partial charge in [-0.3, -0.25) is 9.59 Å². The second-order valence-electron chi connectivity index (χ2n) is 4.05. The van der Waals surface area contributed by atoms with Gasteiger partial charge in [-0.15, -0.1) is 0 Å². The van der Waals surface area contributed by atoms with E-state index < -0.39 is 30.2 Å². The Morgan fingerprint density at radius 3 is 2.53 bits per heavy atom. The van der Waals surface area contributed by atoms with E-state index in [1.165, 1.54) is 6.07 Å². The molecule has 1 atom stereocenters. The molecule has 1 aromatic carbocycles. The van der Waals surface area contributed by atoms with Gasteiger partial charge in [0.05, 0.1) is 6.42 Å². The number of nitrogen functional groups attached to an aromatic ring is 1. The smallest absolute Gasteiger partial charge is 0.326 e. The molecule has 0 aliphatic carbocycles. The zero-order valence-electron chi connectivity index (χ0n) is 10.3. The number of benzene rings is 1. The molecule has 1 aromatic rings. The minimum Gasteiger partial charge on any atom is -0.480 e. The zero-order valence-corrected chi connectivity index (χ0v) is 10.3. The van der Waals surface area contributed by atoms with Crippen molar-refractivity contribution in [3.05, 3.63) is 29.3 Å². The number of hydrogen-bond donors (Lipinski definition) is 4. The van der Waals surface area contributed by atoms with Crippen molar-refractivity contribution in [3.8, 4) is 0 Å². The van der Waals surface area contributed by atoms with Crippen molar-refractivity contribution in [2.24, 2.45) is 5.73 Å². The monoisotopic (exact) mass is 265 g/mol. The lowest BCUT2D eigenvalue weighted by Crippen LogP contribution is -2.43. The summed E-state index contributed by atoms with van der Waals surface area (Å²) in [4.78, 5) is 33.6. The number of nitrogens with one attached hydrogen (secondary N) is 1. The molecule has 0 aliphatic rings. The Kier molecular flexibility index (Phi) is 4.46. The van der Waals surface area contributed by atoms with Gasteiger partial charge in [0, 0.05) is 11.3 Å². The van der Waals surface area contributed by atoms with E-state index in [0.29, 0.717) is 11.3 Å². The second-order valence-corrected chi connectivity index (χ2v) is 4.05. The number of aliphatic carboxylic acids is 1. The van der Waals surface area contributed by atoms with E-state index in [-0.39, 0.29) is 5.56 Å². The van der Waals surface area contributed by atoms with Gasteiger partial charge in [0.1, 0.15) is 6.04 Å². The molecular formula is C12H15N3O4. The number of carbonyl (C=O) groups is 3. The Morgan fingerprint density at radius 1 is 1.37 bits per heavy atom. The molecule has 0 aliphatic heterocycles. The largest absolute Gasteiger partial charge is 0.480 e. The van der Waals surface area contributed by atoms with Crippen LogP contribution in [0.1, 0.15) is 22.3 Å². The quantitative estimate of drug-likeness (QED) is 0.539. The summed E-state index contributed by atoms with van der Waals surface area (Å²) in [5.41, 5.74) is 11.8. The van der Waals surface area contributed by atoms with E-state index in [2.05, 4.69) is 5.32 Å². The fourth-order valence-electron chi connectivity index (χ4n) is 1.54. The van der Waals surface area contributed by atoms with Crippen LogP contribution in [0.5, 0.6) is 0 Å². The third-order valence-electron chi connectivity index (χ3n) is 2.63. The number of amides is 2. The normalized spacial score (nSPS) is 11.6. The topological polar surface area (TPSA) is 136 Å². The fraction of sp³-hybridized carbons (Fsp3) is 0.250. The molecule has 0 radical (unpaired) electrons. The maximum atomic E-state index is 11.9. The molecule has 0 spiro atoms. The number of carbonyl (C=O) groups excluding carboxylic acids is 2. The van der Waals surface area contributed by atoms with E-state index >= 15 is 0 Å². The maximum Gasteiger partial charge on any atom is 0.326 e. The van der Waals surface area contributed by atoms with Crippen molar-refractivity contribution < 1.29 is 19.5 Å². The molecular weight excluding hydrogens is 250 g/mol. The van der Waals surface area contributed by atoms with Crippen LogP contribution in [0.3, 0.4) is 0 Å². The van der Waals surface area contributed by atoms with Gasteiger partial charge in [0.15, 0.2) is 0 Å². The number of carboxylic acid groups (broad SMARTS) is 1. The Labute approximate surface area is 109 Å². The molecule has 19 heavy (non-hydrogen) atoms. The summed E-state index contributed by atoms with van der Waals surface area (Å²) in [7, 11) is 0. The molecule has 0 aromatic heterocycles. The van der Waals surface area contributed by atoms with Crippen LogP contribution in [0.2, 0.25) is 0 Å². The highest BCUT2D eigenvalue weighted by atomic mass is 16.4. The van der Waals surface area contributed by atoms with Crippen LogP contribution in [-0.4, -0.2) is 28.9 Å². The molecule has 0 heterocycles. The summed E-state index contributed by atoms with van der Waals surface area (Å²) in [6, 6.07) is 3.38. The highest BCUT2D eigenvalue weighted by Gasteiger charge is 2.23.